The summed E-state index contributed by atoms with van der Waals surface area (Å²) in [5.74, 6) is 1.04. The van der Waals surface area contributed by atoms with Gasteiger partial charge in [0.15, 0.2) is 0 Å². The third-order valence-corrected chi connectivity index (χ3v) is 3.72. The summed E-state index contributed by atoms with van der Waals surface area (Å²) in [6.45, 7) is 6.42. The van der Waals surface area contributed by atoms with Gasteiger partial charge >= 0.3 is 0 Å². The Morgan fingerprint density at radius 3 is 2.38 bits per heavy atom. The molecule has 0 spiro atoms. The SMILES string of the molecule is CCC(CC)Oc1c(C)cc(Br)cc1CBr. The van der Waals surface area contributed by atoms with Crippen molar-refractivity contribution in [2.24, 2.45) is 0 Å². The first-order chi connectivity index (χ1) is 7.62. The standard InChI is InChI=1S/C13H18Br2O/c1-4-12(5-2)16-13-9(3)6-11(15)7-10(13)8-14/h6-7,12H,4-5,8H2,1-3H3. The van der Waals surface area contributed by atoms with Crippen LogP contribution in [0, 0.1) is 6.92 Å². The van der Waals surface area contributed by atoms with Crippen LogP contribution >= 0.6 is 31.9 Å². The molecule has 0 bridgehead atoms. The van der Waals surface area contributed by atoms with E-state index < -0.39 is 0 Å². The lowest BCUT2D eigenvalue weighted by Gasteiger charge is -2.20. The lowest BCUT2D eigenvalue weighted by atomic mass is 10.1. The highest BCUT2D eigenvalue weighted by Gasteiger charge is 2.12. The van der Waals surface area contributed by atoms with E-state index in [4.69, 9.17) is 4.74 Å². The highest BCUT2D eigenvalue weighted by molar-refractivity contribution is 9.10. The molecule has 0 unspecified atom stereocenters. The number of hydrogen-bond acceptors (Lipinski definition) is 1. The van der Waals surface area contributed by atoms with Gasteiger partial charge in [0.05, 0.1) is 6.10 Å². The van der Waals surface area contributed by atoms with E-state index in [1.54, 1.807) is 0 Å². The molecule has 0 aliphatic carbocycles. The third-order valence-electron chi connectivity index (χ3n) is 2.66. The molecule has 0 amide bonds. The summed E-state index contributed by atoms with van der Waals surface area (Å²) in [6, 6.07) is 4.21. The number of ether oxygens (including phenoxy) is 1. The molecule has 0 radical (unpaired) electrons. The molecule has 0 fully saturated rings. The average molecular weight is 350 g/mol. The van der Waals surface area contributed by atoms with Gasteiger partial charge in [0.1, 0.15) is 5.75 Å². The lowest BCUT2D eigenvalue weighted by Crippen LogP contribution is -2.15. The Labute approximate surface area is 115 Å². The predicted octanol–water partition coefficient (Wildman–Crippen LogP) is 5.22. The zero-order valence-corrected chi connectivity index (χ0v) is 13.2. The molecule has 90 valence electrons. The molecule has 1 nitrogen and oxygen atoms in total. The maximum atomic E-state index is 6.07. The van der Waals surface area contributed by atoms with Gasteiger partial charge in [-0.3, -0.25) is 0 Å². The van der Waals surface area contributed by atoms with E-state index in [9.17, 15) is 0 Å². The van der Waals surface area contributed by atoms with Crippen LogP contribution in [0.3, 0.4) is 0 Å². The van der Waals surface area contributed by atoms with E-state index in [-0.39, 0.29) is 0 Å². The summed E-state index contributed by atoms with van der Waals surface area (Å²) in [5.41, 5.74) is 2.40. The molecular formula is C13H18Br2O. The average Bonchev–Trinajstić information content (AvgIpc) is 2.27. The van der Waals surface area contributed by atoms with E-state index in [2.05, 4.69) is 64.8 Å². The highest BCUT2D eigenvalue weighted by atomic mass is 79.9. The molecule has 0 N–H and O–H groups in total. The Balaban J connectivity index is 3.01. The highest BCUT2D eigenvalue weighted by Crippen LogP contribution is 2.31. The van der Waals surface area contributed by atoms with Crippen molar-refractivity contribution in [2.45, 2.75) is 45.0 Å². The van der Waals surface area contributed by atoms with Crippen LogP contribution in [0.1, 0.15) is 37.8 Å². The molecule has 1 aromatic rings. The van der Waals surface area contributed by atoms with E-state index >= 15 is 0 Å². The molecule has 16 heavy (non-hydrogen) atoms. The summed E-state index contributed by atoms with van der Waals surface area (Å²) in [7, 11) is 0. The van der Waals surface area contributed by atoms with Crippen molar-refractivity contribution in [1.82, 2.24) is 0 Å². The first-order valence-corrected chi connectivity index (χ1v) is 7.55. The topological polar surface area (TPSA) is 9.23 Å². The molecule has 0 saturated heterocycles. The number of hydrogen-bond donors (Lipinski definition) is 0. The first kappa shape index (κ1) is 14.0. The van der Waals surface area contributed by atoms with Crippen LogP contribution in [0.5, 0.6) is 5.75 Å². The molecule has 3 heteroatoms. The number of benzene rings is 1. The summed E-state index contributed by atoms with van der Waals surface area (Å²) in [6.07, 6.45) is 2.42. The van der Waals surface area contributed by atoms with Crippen molar-refractivity contribution in [2.75, 3.05) is 0 Å². The van der Waals surface area contributed by atoms with Gasteiger partial charge in [0, 0.05) is 15.4 Å². The molecule has 0 atom stereocenters. The zero-order valence-electron chi connectivity index (χ0n) is 10.0. The maximum Gasteiger partial charge on any atom is 0.126 e. The minimum atomic E-state index is 0.317. The minimum absolute atomic E-state index is 0.317. The lowest BCUT2D eigenvalue weighted by molar-refractivity contribution is 0.190. The number of aryl methyl sites for hydroxylation is 1. The second-order valence-corrected chi connectivity index (χ2v) is 5.38. The van der Waals surface area contributed by atoms with Gasteiger partial charge in [0.25, 0.3) is 0 Å². The third kappa shape index (κ3) is 3.49. The Morgan fingerprint density at radius 1 is 1.25 bits per heavy atom. The van der Waals surface area contributed by atoms with Gasteiger partial charge in [-0.15, -0.1) is 0 Å². The molecule has 1 rings (SSSR count). The smallest absolute Gasteiger partial charge is 0.126 e. The summed E-state index contributed by atoms with van der Waals surface area (Å²) in [4.78, 5) is 0. The van der Waals surface area contributed by atoms with Crippen LogP contribution in [0.15, 0.2) is 16.6 Å². The van der Waals surface area contributed by atoms with Crippen LogP contribution < -0.4 is 4.74 Å². The fourth-order valence-corrected chi connectivity index (χ4v) is 2.73. The van der Waals surface area contributed by atoms with Gasteiger partial charge < -0.3 is 4.74 Å². The molecule has 0 aromatic heterocycles. The molecule has 1 aromatic carbocycles. The maximum absolute atomic E-state index is 6.07. The van der Waals surface area contributed by atoms with Crippen LogP contribution in [0.4, 0.5) is 0 Å². The molecular weight excluding hydrogens is 332 g/mol. The second kappa shape index (κ2) is 6.65. The van der Waals surface area contributed by atoms with Crippen LogP contribution in [0.2, 0.25) is 0 Å². The minimum Gasteiger partial charge on any atom is -0.490 e. The number of halogens is 2. The van der Waals surface area contributed by atoms with Gasteiger partial charge in [-0.1, -0.05) is 45.7 Å². The predicted molar refractivity (Wildman–Crippen MR) is 76.5 cm³/mol. The van der Waals surface area contributed by atoms with Gasteiger partial charge in [-0.25, -0.2) is 0 Å². The fraction of sp³-hybridized carbons (Fsp3) is 0.538. The molecule has 0 heterocycles. The Kier molecular flexibility index (Phi) is 5.84. The largest absolute Gasteiger partial charge is 0.490 e. The van der Waals surface area contributed by atoms with Gasteiger partial charge in [0.2, 0.25) is 0 Å². The van der Waals surface area contributed by atoms with Crippen LogP contribution in [-0.4, -0.2) is 6.10 Å². The fourth-order valence-electron chi connectivity index (χ4n) is 1.69. The van der Waals surface area contributed by atoms with Crippen molar-refractivity contribution >= 4 is 31.9 Å². The summed E-state index contributed by atoms with van der Waals surface area (Å²) in [5, 5.41) is 0.822. The Bertz CT molecular complexity index is 346. The van der Waals surface area contributed by atoms with E-state index in [1.165, 1.54) is 11.1 Å². The first-order valence-electron chi connectivity index (χ1n) is 5.64. The molecule has 0 aliphatic rings. The summed E-state index contributed by atoms with van der Waals surface area (Å²) < 4.78 is 7.18. The van der Waals surface area contributed by atoms with Crippen molar-refractivity contribution in [3.8, 4) is 5.75 Å². The van der Waals surface area contributed by atoms with Crippen molar-refractivity contribution < 1.29 is 4.74 Å². The van der Waals surface area contributed by atoms with Crippen molar-refractivity contribution in [3.63, 3.8) is 0 Å². The van der Waals surface area contributed by atoms with Crippen molar-refractivity contribution in [3.05, 3.63) is 27.7 Å². The van der Waals surface area contributed by atoms with Gasteiger partial charge in [-0.05, 0) is 37.5 Å². The number of rotatable bonds is 5. The van der Waals surface area contributed by atoms with E-state index in [0.717, 1.165) is 28.4 Å². The second-order valence-electron chi connectivity index (χ2n) is 3.90. The molecule has 0 saturated carbocycles. The normalized spacial score (nSPS) is 10.9. The Morgan fingerprint density at radius 2 is 1.88 bits per heavy atom. The van der Waals surface area contributed by atoms with Crippen LogP contribution in [0.25, 0.3) is 0 Å². The summed E-state index contributed by atoms with van der Waals surface area (Å²) >= 11 is 7.02. The van der Waals surface area contributed by atoms with Crippen LogP contribution in [-0.2, 0) is 5.33 Å². The van der Waals surface area contributed by atoms with E-state index in [1.807, 2.05) is 0 Å². The van der Waals surface area contributed by atoms with E-state index in [0.29, 0.717) is 6.10 Å². The zero-order chi connectivity index (χ0) is 12.1. The van der Waals surface area contributed by atoms with Crippen molar-refractivity contribution in [1.29, 1.82) is 0 Å². The molecule has 0 aliphatic heterocycles. The number of alkyl halides is 1. The monoisotopic (exact) mass is 348 g/mol. The van der Waals surface area contributed by atoms with Gasteiger partial charge in [-0.2, -0.15) is 0 Å². The quantitative estimate of drug-likeness (QED) is 0.662. The Hall–Kier alpha value is -0.0200.